The average Bonchev–Trinajstić information content (AvgIpc) is 3.34. The minimum atomic E-state index is -0.417. The van der Waals surface area contributed by atoms with E-state index in [1.807, 2.05) is 12.1 Å². The summed E-state index contributed by atoms with van der Waals surface area (Å²) in [5, 5.41) is 33.5. The maximum absolute atomic E-state index is 12.5. The van der Waals surface area contributed by atoms with Crippen LogP contribution in [0.2, 0.25) is 0 Å². The highest BCUT2D eigenvalue weighted by molar-refractivity contribution is 5.99. The van der Waals surface area contributed by atoms with E-state index in [0.29, 0.717) is 51.4 Å². The van der Waals surface area contributed by atoms with Gasteiger partial charge in [0.2, 0.25) is 0 Å². The van der Waals surface area contributed by atoms with E-state index in [1.54, 1.807) is 62.6 Å². The molecule has 1 amide bonds. The molecule has 0 bridgehead atoms. The van der Waals surface area contributed by atoms with Crippen LogP contribution in [-0.2, 0) is 7.05 Å². The highest BCUT2D eigenvalue weighted by Gasteiger charge is 2.19. The highest BCUT2D eigenvalue weighted by atomic mass is 16.5. The van der Waals surface area contributed by atoms with Gasteiger partial charge in [-0.1, -0.05) is 11.2 Å². The van der Waals surface area contributed by atoms with Gasteiger partial charge < -0.3 is 25.9 Å². The lowest BCUT2D eigenvalue weighted by atomic mass is 10.1. The molecule has 3 heterocycles. The fourth-order valence-electron chi connectivity index (χ4n) is 3.34. The van der Waals surface area contributed by atoms with E-state index in [2.05, 4.69) is 46.4 Å². The van der Waals surface area contributed by atoms with E-state index in [-0.39, 0.29) is 5.69 Å². The first-order valence-corrected chi connectivity index (χ1v) is 10.8. The number of aromatic nitrogens is 6. The van der Waals surface area contributed by atoms with Crippen molar-refractivity contribution in [2.24, 2.45) is 12.2 Å². The molecule has 0 spiro atoms. The predicted octanol–water partition coefficient (Wildman–Crippen LogP) is 2.72. The molecule has 36 heavy (non-hydrogen) atoms. The lowest BCUT2D eigenvalue weighted by Gasteiger charge is -2.16. The number of methoxy groups -OCH3 is 1. The summed E-state index contributed by atoms with van der Waals surface area (Å²) in [6, 6.07) is 10.6. The molecule has 4 N–H and O–H groups in total. The second kappa shape index (κ2) is 10.5. The number of amides is 1. The number of pyridine rings is 1. The molecule has 1 aromatic carbocycles. The number of rotatable bonds is 8. The van der Waals surface area contributed by atoms with Crippen LogP contribution < -0.4 is 20.7 Å². The second-order valence-electron chi connectivity index (χ2n) is 7.57. The molecule has 0 atom stereocenters. The number of nitrogens with zero attached hydrogens (tertiary/aromatic N) is 7. The lowest BCUT2D eigenvalue weighted by molar-refractivity contribution is 0.0958. The standard InChI is InChI=1S/C23H24N10O3/c1-13(32-35)14-8-9-18(25-11-14)28-19-10-17(20(30-29-19)23(34)24-2)27-16-7-5-6-15(21(16)36-4)22-26-12-33(3)31-22/h5-12,35H,1-4H3,(H,24,34)(H2,25,27,28,29)/b32-13+. The number of benzene rings is 1. The molecule has 13 nitrogen and oxygen atoms in total. The van der Waals surface area contributed by atoms with Gasteiger partial charge in [-0.05, 0) is 31.2 Å². The van der Waals surface area contributed by atoms with E-state index in [0.717, 1.165) is 0 Å². The van der Waals surface area contributed by atoms with Crippen molar-refractivity contribution in [3.63, 3.8) is 0 Å². The molecule has 0 fully saturated rings. The third-order valence-corrected chi connectivity index (χ3v) is 5.15. The van der Waals surface area contributed by atoms with Gasteiger partial charge in [-0.3, -0.25) is 9.48 Å². The zero-order valence-electron chi connectivity index (χ0n) is 20.0. The smallest absolute Gasteiger partial charge is 0.273 e. The van der Waals surface area contributed by atoms with Crippen molar-refractivity contribution >= 4 is 34.6 Å². The molecule has 0 aliphatic carbocycles. The van der Waals surface area contributed by atoms with Gasteiger partial charge in [0.15, 0.2) is 23.1 Å². The van der Waals surface area contributed by atoms with Crippen LogP contribution >= 0.6 is 0 Å². The minimum absolute atomic E-state index is 0.0876. The molecule has 0 radical (unpaired) electrons. The van der Waals surface area contributed by atoms with Crippen LogP contribution in [0.3, 0.4) is 0 Å². The van der Waals surface area contributed by atoms with Crippen LogP contribution in [0.5, 0.6) is 5.75 Å². The number of nitrogens with one attached hydrogen (secondary N) is 3. The number of hydrogen-bond donors (Lipinski definition) is 4. The van der Waals surface area contributed by atoms with Crippen molar-refractivity contribution in [3.8, 4) is 17.1 Å². The fraction of sp³-hybridized carbons (Fsp3) is 0.174. The van der Waals surface area contributed by atoms with Gasteiger partial charge in [0.05, 0.1) is 29.8 Å². The summed E-state index contributed by atoms with van der Waals surface area (Å²) in [4.78, 5) is 21.1. The van der Waals surface area contributed by atoms with Crippen LogP contribution in [0.15, 0.2) is 54.1 Å². The summed E-state index contributed by atoms with van der Waals surface area (Å²) in [6.07, 6.45) is 3.16. The summed E-state index contributed by atoms with van der Waals surface area (Å²) >= 11 is 0. The number of oxime groups is 1. The molecule has 0 saturated carbocycles. The molecule has 184 valence electrons. The molecule has 0 unspecified atom stereocenters. The molecule has 13 heteroatoms. The second-order valence-corrected chi connectivity index (χ2v) is 7.57. The number of carbonyl (C=O) groups is 1. The number of anilines is 4. The van der Waals surface area contributed by atoms with Crippen LogP contribution in [0.1, 0.15) is 23.0 Å². The summed E-state index contributed by atoms with van der Waals surface area (Å²) in [5.74, 6) is 1.41. The summed E-state index contributed by atoms with van der Waals surface area (Å²) in [5.41, 5.74) is 2.83. The van der Waals surface area contributed by atoms with E-state index in [4.69, 9.17) is 9.94 Å². The number of para-hydroxylation sites is 1. The Balaban J connectivity index is 1.69. The van der Waals surface area contributed by atoms with Crippen molar-refractivity contribution in [2.45, 2.75) is 6.92 Å². The van der Waals surface area contributed by atoms with Crippen molar-refractivity contribution < 1.29 is 14.7 Å². The first-order chi connectivity index (χ1) is 17.4. The molecule has 4 rings (SSSR count). The van der Waals surface area contributed by atoms with Crippen LogP contribution in [0, 0.1) is 0 Å². The maximum atomic E-state index is 12.5. The average molecular weight is 489 g/mol. The van der Waals surface area contributed by atoms with E-state index < -0.39 is 5.91 Å². The SMILES string of the molecule is CNC(=O)c1nnc(Nc2ccc(/C(C)=N/O)cn2)cc1Nc1cccc(-c2ncn(C)n2)c1OC. The third-order valence-electron chi connectivity index (χ3n) is 5.15. The third kappa shape index (κ3) is 5.04. The Hall–Kier alpha value is -5.07. The number of ether oxygens (including phenoxy) is 1. The normalized spacial score (nSPS) is 11.2. The Morgan fingerprint density at radius 2 is 1.92 bits per heavy atom. The quantitative estimate of drug-likeness (QED) is 0.165. The zero-order valence-corrected chi connectivity index (χ0v) is 20.0. The minimum Gasteiger partial charge on any atom is -0.494 e. The first-order valence-electron chi connectivity index (χ1n) is 10.8. The monoisotopic (exact) mass is 488 g/mol. The number of aryl methyl sites for hydroxylation is 1. The fourth-order valence-corrected chi connectivity index (χ4v) is 3.34. The van der Waals surface area contributed by atoms with Crippen molar-refractivity contribution in [2.75, 3.05) is 24.8 Å². The molecular formula is C23H24N10O3. The van der Waals surface area contributed by atoms with Gasteiger partial charge in [-0.15, -0.1) is 10.2 Å². The molecule has 0 aliphatic heterocycles. The Kier molecular flexibility index (Phi) is 6.99. The first kappa shape index (κ1) is 24.1. The number of carbonyl (C=O) groups excluding carboxylic acids is 1. The van der Waals surface area contributed by atoms with Crippen LogP contribution in [0.25, 0.3) is 11.4 Å². The predicted molar refractivity (Wildman–Crippen MR) is 133 cm³/mol. The Bertz CT molecular complexity index is 1420. The molecule has 3 aromatic heterocycles. The Morgan fingerprint density at radius 3 is 2.56 bits per heavy atom. The number of hydrogen-bond acceptors (Lipinski definition) is 11. The highest BCUT2D eigenvalue weighted by Crippen LogP contribution is 2.37. The lowest BCUT2D eigenvalue weighted by Crippen LogP contribution is -2.21. The van der Waals surface area contributed by atoms with E-state index in [9.17, 15) is 4.79 Å². The van der Waals surface area contributed by atoms with Gasteiger partial charge in [0, 0.05) is 31.9 Å². The van der Waals surface area contributed by atoms with Gasteiger partial charge in [0.1, 0.15) is 12.1 Å². The topological polar surface area (TPSA) is 164 Å². The Labute approximate surface area is 206 Å². The largest absolute Gasteiger partial charge is 0.494 e. The van der Waals surface area contributed by atoms with Gasteiger partial charge in [-0.2, -0.15) is 5.10 Å². The molecule has 0 aliphatic rings. The Morgan fingerprint density at radius 1 is 1.08 bits per heavy atom. The molecular weight excluding hydrogens is 464 g/mol. The van der Waals surface area contributed by atoms with Crippen molar-refractivity contribution in [1.29, 1.82) is 0 Å². The van der Waals surface area contributed by atoms with Crippen molar-refractivity contribution in [3.05, 3.63) is 60.2 Å². The maximum Gasteiger partial charge on any atom is 0.273 e. The van der Waals surface area contributed by atoms with Crippen LogP contribution in [-0.4, -0.2) is 60.9 Å². The zero-order chi connectivity index (χ0) is 25.7. The van der Waals surface area contributed by atoms with Gasteiger partial charge in [0.25, 0.3) is 5.91 Å². The summed E-state index contributed by atoms with van der Waals surface area (Å²) < 4.78 is 7.26. The summed E-state index contributed by atoms with van der Waals surface area (Å²) in [7, 11) is 4.83. The molecule has 0 saturated heterocycles. The molecule has 4 aromatic rings. The van der Waals surface area contributed by atoms with E-state index >= 15 is 0 Å². The van der Waals surface area contributed by atoms with Gasteiger partial charge in [-0.25, -0.2) is 9.97 Å². The van der Waals surface area contributed by atoms with Crippen molar-refractivity contribution in [1.82, 2.24) is 35.3 Å². The van der Waals surface area contributed by atoms with Crippen LogP contribution in [0.4, 0.5) is 23.0 Å². The summed E-state index contributed by atoms with van der Waals surface area (Å²) in [6.45, 7) is 1.66. The van der Waals surface area contributed by atoms with Gasteiger partial charge >= 0.3 is 0 Å². The van der Waals surface area contributed by atoms with E-state index in [1.165, 1.54) is 7.05 Å².